The number of piperidine rings is 1. The quantitative estimate of drug-likeness (QED) is 0.790. The Morgan fingerprint density at radius 3 is 2.53 bits per heavy atom. The van der Waals surface area contributed by atoms with Crippen molar-refractivity contribution in [2.24, 2.45) is 17.6 Å². The summed E-state index contributed by atoms with van der Waals surface area (Å²) in [6.45, 7) is 6.97. The number of primary amides is 1. The largest absolute Gasteiger partial charge is 0.369 e. The molecule has 2 rings (SSSR count). The molecule has 1 aliphatic heterocycles. The van der Waals surface area contributed by atoms with Crippen molar-refractivity contribution in [1.82, 2.24) is 10.2 Å². The summed E-state index contributed by atoms with van der Waals surface area (Å²) in [4.78, 5) is 13.4. The van der Waals surface area contributed by atoms with E-state index in [4.69, 9.17) is 5.73 Å². The fourth-order valence-electron chi connectivity index (χ4n) is 3.61. The molecule has 2 fully saturated rings. The van der Waals surface area contributed by atoms with E-state index in [9.17, 15) is 4.79 Å². The molecule has 0 spiro atoms. The molecule has 0 aromatic heterocycles. The minimum Gasteiger partial charge on any atom is -0.369 e. The number of hydrogen-bond donors (Lipinski definition) is 2. The zero-order valence-corrected chi connectivity index (χ0v) is 12.4. The lowest BCUT2D eigenvalue weighted by Gasteiger charge is -2.40. The third-order valence-corrected chi connectivity index (χ3v) is 4.71. The first-order chi connectivity index (χ1) is 9.04. The van der Waals surface area contributed by atoms with Crippen LogP contribution >= 0.6 is 0 Å². The molecule has 19 heavy (non-hydrogen) atoms. The van der Waals surface area contributed by atoms with E-state index in [1.165, 1.54) is 32.1 Å². The molecule has 1 heterocycles. The molecule has 0 radical (unpaired) electrons. The monoisotopic (exact) mass is 267 g/mol. The van der Waals surface area contributed by atoms with Gasteiger partial charge in [0.1, 0.15) is 0 Å². The Hall–Kier alpha value is -0.610. The lowest BCUT2D eigenvalue weighted by molar-refractivity contribution is -0.119. The van der Waals surface area contributed by atoms with Gasteiger partial charge in [-0.15, -0.1) is 0 Å². The maximum absolute atomic E-state index is 11.2. The van der Waals surface area contributed by atoms with E-state index in [2.05, 4.69) is 24.1 Å². The number of amides is 1. The molecule has 0 aromatic rings. The Morgan fingerprint density at radius 2 is 1.95 bits per heavy atom. The van der Waals surface area contributed by atoms with Crippen LogP contribution in [-0.4, -0.2) is 42.5 Å². The molecular formula is C15H29N3O. The number of carbonyl (C=O) groups is 1. The number of rotatable bonds is 5. The van der Waals surface area contributed by atoms with Crippen molar-refractivity contribution in [2.75, 3.05) is 19.6 Å². The van der Waals surface area contributed by atoms with Gasteiger partial charge in [0.25, 0.3) is 0 Å². The van der Waals surface area contributed by atoms with Gasteiger partial charge < -0.3 is 11.1 Å². The van der Waals surface area contributed by atoms with Crippen LogP contribution in [-0.2, 0) is 4.79 Å². The summed E-state index contributed by atoms with van der Waals surface area (Å²) in [6, 6.07) is 1.23. The average molecular weight is 267 g/mol. The van der Waals surface area contributed by atoms with E-state index >= 15 is 0 Å². The first kappa shape index (κ1) is 14.8. The molecule has 1 amide bonds. The predicted molar refractivity (Wildman–Crippen MR) is 77.8 cm³/mol. The second-order valence-electron chi connectivity index (χ2n) is 6.75. The van der Waals surface area contributed by atoms with Crippen molar-refractivity contribution in [1.29, 1.82) is 0 Å². The number of nitrogens with zero attached hydrogens (tertiary/aromatic N) is 1. The molecule has 0 aromatic carbocycles. The smallest absolute Gasteiger partial charge is 0.231 e. The SMILES string of the molecule is CC(C)C1CC(NC2CCCC2)CN(CC(N)=O)C1. The van der Waals surface area contributed by atoms with Crippen LogP contribution in [0.1, 0.15) is 46.0 Å². The molecule has 2 aliphatic rings. The average Bonchev–Trinajstić information content (AvgIpc) is 2.80. The van der Waals surface area contributed by atoms with Gasteiger partial charge in [-0.25, -0.2) is 0 Å². The van der Waals surface area contributed by atoms with E-state index in [-0.39, 0.29) is 5.91 Å². The van der Waals surface area contributed by atoms with E-state index in [1.807, 2.05) is 0 Å². The van der Waals surface area contributed by atoms with E-state index in [1.54, 1.807) is 0 Å². The Balaban J connectivity index is 1.91. The van der Waals surface area contributed by atoms with Crippen molar-refractivity contribution in [3.05, 3.63) is 0 Å². The molecule has 1 saturated carbocycles. The van der Waals surface area contributed by atoms with E-state index in [0.29, 0.717) is 30.5 Å². The van der Waals surface area contributed by atoms with Crippen LogP contribution in [0.2, 0.25) is 0 Å². The van der Waals surface area contributed by atoms with Crippen LogP contribution < -0.4 is 11.1 Å². The first-order valence-electron chi connectivity index (χ1n) is 7.81. The second kappa shape index (κ2) is 6.71. The lowest BCUT2D eigenvalue weighted by Crippen LogP contribution is -2.53. The van der Waals surface area contributed by atoms with Crippen LogP contribution in [0.4, 0.5) is 0 Å². The topological polar surface area (TPSA) is 58.4 Å². The van der Waals surface area contributed by atoms with Crippen molar-refractivity contribution >= 4 is 5.91 Å². The van der Waals surface area contributed by atoms with Gasteiger partial charge in [-0.05, 0) is 31.1 Å². The van der Waals surface area contributed by atoms with Crippen LogP contribution in [0, 0.1) is 11.8 Å². The highest BCUT2D eigenvalue weighted by Gasteiger charge is 2.31. The summed E-state index contributed by atoms with van der Waals surface area (Å²) in [7, 11) is 0. The van der Waals surface area contributed by atoms with Gasteiger partial charge in [0, 0.05) is 25.2 Å². The van der Waals surface area contributed by atoms with Crippen molar-refractivity contribution < 1.29 is 4.79 Å². The summed E-state index contributed by atoms with van der Waals surface area (Å²) in [5.74, 6) is 1.14. The molecule has 2 unspecified atom stereocenters. The normalized spacial score (nSPS) is 30.1. The lowest BCUT2D eigenvalue weighted by atomic mass is 9.85. The van der Waals surface area contributed by atoms with Gasteiger partial charge in [0.2, 0.25) is 5.91 Å². The summed E-state index contributed by atoms with van der Waals surface area (Å²) < 4.78 is 0. The third kappa shape index (κ3) is 4.46. The highest BCUT2D eigenvalue weighted by Crippen LogP contribution is 2.26. The Bertz CT molecular complexity index is 298. The molecule has 1 saturated heterocycles. The number of nitrogens with two attached hydrogens (primary N) is 1. The van der Waals surface area contributed by atoms with Gasteiger partial charge in [-0.3, -0.25) is 9.69 Å². The van der Waals surface area contributed by atoms with Gasteiger partial charge in [0.05, 0.1) is 6.54 Å². The molecule has 1 aliphatic carbocycles. The van der Waals surface area contributed by atoms with Gasteiger partial charge in [-0.1, -0.05) is 26.7 Å². The van der Waals surface area contributed by atoms with Crippen LogP contribution in [0.3, 0.4) is 0 Å². The van der Waals surface area contributed by atoms with Gasteiger partial charge >= 0.3 is 0 Å². The Labute approximate surface area is 117 Å². The van der Waals surface area contributed by atoms with Crippen LogP contribution in [0.15, 0.2) is 0 Å². The highest BCUT2D eigenvalue weighted by molar-refractivity contribution is 5.75. The molecule has 4 heteroatoms. The minimum atomic E-state index is -0.205. The van der Waals surface area contributed by atoms with E-state index < -0.39 is 0 Å². The zero-order valence-electron chi connectivity index (χ0n) is 12.4. The maximum Gasteiger partial charge on any atom is 0.231 e. The first-order valence-corrected chi connectivity index (χ1v) is 7.81. The predicted octanol–water partition coefficient (Wildman–Crippen LogP) is 1.35. The van der Waals surface area contributed by atoms with Crippen molar-refractivity contribution in [2.45, 2.75) is 58.0 Å². The number of likely N-dealkylation sites (tertiary alicyclic amines) is 1. The third-order valence-electron chi connectivity index (χ3n) is 4.71. The fraction of sp³-hybridized carbons (Fsp3) is 0.933. The standard InChI is InChI=1S/C15H29N3O/c1-11(2)12-7-14(17-13-5-3-4-6-13)9-18(8-12)10-15(16)19/h11-14,17H,3-10H2,1-2H3,(H2,16,19). The summed E-state index contributed by atoms with van der Waals surface area (Å²) >= 11 is 0. The zero-order chi connectivity index (χ0) is 13.8. The van der Waals surface area contributed by atoms with Crippen molar-refractivity contribution in [3.8, 4) is 0 Å². The fourth-order valence-corrected chi connectivity index (χ4v) is 3.61. The number of carbonyl (C=O) groups excluding carboxylic acids is 1. The maximum atomic E-state index is 11.2. The molecule has 3 N–H and O–H groups in total. The summed E-state index contributed by atoms with van der Waals surface area (Å²) in [6.07, 6.45) is 6.60. The molecule has 2 atom stereocenters. The van der Waals surface area contributed by atoms with Gasteiger partial charge in [0.15, 0.2) is 0 Å². The van der Waals surface area contributed by atoms with Crippen molar-refractivity contribution in [3.63, 3.8) is 0 Å². The summed E-state index contributed by atoms with van der Waals surface area (Å²) in [5, 5.41) is 3.81. The molecule has 4 nitrogen and oxygen atoms in total. The van der Waals surface area contributed by atoms with Crippen LogP contribution in [0.5, 0.6) is 0 Å². The minimum absolute atomic E-state index is 0.205. The Kier molecular flexibility index (Phi) is 5.22. The van der Waals surface area contributed by atoms with E-state index in [0.717, 1.165) is 13.1 Å². The number of hydrogen-bond acceptors (Lipinski definition) is 3. The number of nitrogens with one attached hydrogen (secondary N) is 1. The van der Waals surface area contributed by atoms with Gasteiger partial charge in [-0.2, -0.15) is 0 Å². The molecule has 0 bridgehead atoms. The molecule has 110 valence electrons. The Morgan fingerprint density at radius 1 is 1.26 bits per heavy atom. The molecular weight excluding hydrogens is 238 g/mol. The highest BCUT2D eigenvalue weighted by atomic mass is 16.1. The second-order valence-corrected chi connectivity index (χ2v) is 6.75. The van der Waals surface area contributed by atoms with Crippen LogP contribution in [0.25, 0.3) is 0 Å². The summed E-state index contributed by atoms with van der Waals surface area (Å²) in [5.41, 5.74) is 5.35.